The normalized spacial score (nSPS) is 15.6. The number of carbonyl (C=O) groups excluding carboxylic acids is 2. The number of nitrogens with zero attached hydrogens (tertiary/aromatic N) is 1. The lowest BCUT2D eigenvalue weighted by molar-refractivity contribution is -0.117. The monoisotopic (exact) mass is 338 g/mol. The summed E-state index contributed by atoms with van der Waals surface area (Å²) in [6.07, 6.45) is 0.862. The zero-order valence-electron chi connectivity index (χ0n) is 14.5. The minimum atomic E-state index is -0.391. The average molecular weight is 338 g/mol. The third-order valence-corrected chi connectivity index (χ3v) is 4.33. The van der Waals surface area contributed by atoms with Crippen LogP contribution in [0.15, 0.2) is 48.5 Å². The predicted molar refractivity (Wildman–Crippen MR) is 98.0 cm³/mol. The molecule has 0 aliphatic carbocycles. The van der Waals surface area contributed by atoms with Gasteiger partial charge < -0.3 is 15.0 Å². The number of rotatable bonds is 5. The van der Waals surface area contributed by atoms with Gasteiger partial charge in [0.05, 0.1) is 18.7 Å². The molecule has 130 valence electrons. The van der Waals surface area contributed by atoms with Gasteiger partial charge >= 0.3 is 5.97 Å². The molecule has 0 spiro atoms. The van der Waals surface area contributed by atoms with Gasteiger partial charge in [0.2, 0.25) is 5.91 Å². The van der Waals surface area contributed by atoms with Crippen LogP contribution in [0.25, 0.3) is 0 Å². The van der Waals surface area contributed by atoms with E-state index in [-0.39, 0.29) is 18.5 Å². The maximum absolute atomic E-state index is 12.7. The fourth-order valence-electron chi connectivity index (χ4n) is 3.23. The van der Waals surface area contributed by atoms with E-state index >= 15 is 0 Å². The number of benzene rings is 2. The van der Waals surface area contributed by atoms with Crippen LogP contribution in [0.4, 0.5) is 11.4 Å². The van der Waals surface area contributed by atoms with Crippen molar-refractivity contribution in [2.75, 3.05) is 23.4 Å². The first kappa shape index (κ1) is 17.0. The van der Waals surface area contributed by atoms with Gasteiger partial charge in [-0.05, 0) is 44.0 Å². The maximum atomic E-state index is 12.7. The number of hydrogen-bond donors (Lipinski definition) is 1. The van der Waals surface area contributed by atoms with E-state index in [2.05, 4.69) is 11.4 Å². The summed E-state index contributed by atoms with van der Waals surface area (Å²) in [4.78, 5) is 26.6. The summed E-state index contributed by atoms with van der Waals surface area (Å²) in [6.45, 7) is 4.25. The van der Waals surface area contributed by atoms with Gasteiger partial charge in [-0.25, -0.2) is 4.79 Å². The van der Waals surface area contributed by atoms with Crippen molar-refractivity contribution in [1.82, 2.24) is 0 Å². The number of anilines is 2. The highest BCUT2D eigenvalue weighted by atomic mass is 16.5. The minimum absolute atomic E-state index is 0.0175. The zero-order valence-corrected chi connectivity index (χ0v) is 14.5. The van der Waals surface area contributed by atoms with E-state index < -0.39 is 5.97 Å². The van der Waals surface area contributed by atoms with Gasteiger partial charge in [-0.1, -0.05) is 30.3 Å². The van der Waals surface area contributed by atoms with Crippen LogP contribution in [0.1, 0.15) is 29.8 Å². The highest BCUT2D eigenvalue weighted by molar-refractivity contribution is 6.00. The van der Waals surface area contributed by atoms with Crippen LogP contribution in [-0.4, -0.2) is 31.1 Å². The molecular weight excluding hydrogens is 316 g/mol. The summed E-state index contributed by atoms with van der Waals surface area (Å²) in [5.74, 6) is -0.408. The van der Waals surface area contributed by atoms with Crippen LogP contribution in [0, 0.1) is 0 Å². The molecule has 0 saturated carbocycles. The lowest BCUT2D eigenvalue weighted by atomic mass is 10.1. The number of fused-ring (bicyclic) bond motifs is 1. The molecule has 1 heterocycles. The summed E-state index contributed by atoms with van der Waals surface area (Å²) in [5.41, 5.74) is 3.21. The van der Waals surface area contributed by atoms with Crippen molar-refractivity contribution in [3.63, 3.8) is 0 Å². The molecule has 1 amide bonds. The van der Waals surface area contributed by atoms with Crippen molar-refractivity contribution in [3.8, 4) is 0 Å². The molecule has 0 fully saturated rings. The van der Waals surface area contributed by atoms with Gasteiger partial charge in [0.1, 0.15) is 0 Å². The first-order valence-corrected chi connectivity index (χ1v) is 8.51. The van der Waals surface area contributed by atoms with Crippen LogP contribution in [0.5, 0.6) is 0 Å². The van der Waals surface area contributed by atoms with Crippen LogP contribution in [0.3, 0.4) is 0 Å². The fourth-order valence-corrected chi connectivity index (χ4v) is 3.23. The van der Waals surface area contributed by atoms with Crippen molar-refractivity contribution in [3.05, 3.63) is 59.7 Å². The second kappa shape index (κ2) is 7.38. The zero-order chi connectivity index (χ0) is 17.8. The Hall–Kier alpha value is -2.82. The van der Waals surface area contributed by atoms with Crippen molar-refractivity contribution in [2.24, 2.45) is 0 Å². The van der Waals surface area contributed by atoms with Gasteiger partial charge in [-0.3, -0.25) is 4.79 Å². The van der Waals surface area contributed by atoms with Crippen LogP contribution in [0.2, 0.25) is 0 Å². The molecule has 1 aliphatic heterocycles. The number of hydrogen-bond acceptors (Lipinski definition) is 4. The van der Waals surface area contributed by atoms with Crippen molar-refractivity contribution < 1.29 is 14.3 Å². The molecule has 25 heavy (non-hydrogen) atoms. The van der Waals surface area contributed by atoms with Gasteiger partial charge in [0.15, 0.2) is 0 Å². The third-order valence-electron chi connectivity index (χ3n) is 4.33. The Morgan fingerprint density at radius 2 is 1.88 bits per heavy atom. The Morgan fingerprint density at radius 3 is 2.68 bits per heavy atom. The summed E-state index contributed by atoms with van der Waals surface area (Å²) < 4.78 is 5.06. The van der Waals surface area contributed by atoms with Crippen LogP contribution in [-0.2, 0) is 16.0 Å². The fraction of sp³-hybridized carbons (Fsp3) is 0.300. The van der Waals surface area contributed by atoms with Gasteiger partial charge in [0, 0.05) is 17.4 Å². The van der Waals surface area contributed by atoms with Gasteiger partial charge in [-0.15, -0.1) is 0 Å². The highest BCUT2D eigenvalue weighted by Crippen LogP contribution is 2.31. The number of nitrogens with one attached hydrogen (secondary N) is 1. The average Bonchev–Trinajstić information content (AvgIpc) is 2.96. The molecule has 2 aromatic rings. The molecule has 0 aromatic heterocycles. The SMILES string of the molecule is CCOC(=O)c1ccccc1NCC(=O)N1c2ccccc2CC1C. The molecule has 0 radical (unpaired) electrons. The summed E-state index contributed by atoms with van der Waals surface area (Å²) in [5, 5.41) is 3.09. The number of esters is 1. The van der Waals surface area contributed by atoms with Crippen molar-refractivity contribution in [1.29, 1.82) is 0 Å². The Kier molecular flexibility index (Phi) is 5.03. The molecule has 1 unspecified atom stereocenters. The number of amides is 1. The van der Waals surface area contributed by atoms with Crippen LogP contribution < -0.4 is 10.2 Å². The minimum Gasteiger partial charge on any atom is -0.462 e. The number of para-hydroxylation sites is 2. The molecular formula is C20H22N2O3. The number of carbonyl (C=O) groups is 2. The molecule has 3 rings (SSSR count). The maximum Gasteiger partial charge on any atom is 0.340 e. The topological polar surface area (TPSA) is 58.6 Å². The van der Waals surface area contributed by atoms with Crippen molar-refractivity contribution in [2.45, 2.75) is 26.3 Å². The Morgan fingerprint density at radius 1 is 1.16 bits per heavy atom. The summed E-state index contributed by atoms with van der Waals surface area (Å²) in [7, 11) is 0. The van der Waals surface area contributed by atoms with E-state index in [1.54, 1.807) is 25.1 Å². The highest BCUT2D eigenvalue weighted by Gasteiger charge is 2.30. The third kappa shape index (κ3) is 3.50. The van der Waals surface area contributed by atoms with Crippen molar-refractivity contribution >= 4 is 23.3 Å². The predicted octanol–water partition coefficient (Wildman–Crippen LogP) is 3.25. The van der Waals surface area contributed by atoms with E-state index in [0.29, 0.717) is 17.9 Å². The van der Waals surface area contributed by atoms with E-state index in [0.717, 1.165) is 12.1 Å². The molecule has 1 atom stereocenters. The first-order chi connectivity index (χ1) is 12.1. The Bertz CT molecular complexity index is 788. The van der Waals surface area contributed by atoms with Crippen LogP contribution >= 0.6 is 0 Å². The molecule has 2 aromatic carbocycles. The van der Waals surface area contributed by atoms with E-state index in [1.807, 2.05) is 36.1 Å². The van der Waals surface area contributed by atoms with E-state index in [9.17, 15) is 9.59 Å². The van der Waals surface area contributed by atoms with E-state index in [4.69, 9.17) is 4.74 Å². The smallest absolute Gasteiger partial charge is 0.340 e. The van der Waals surface area contributed by atoms with Gasteiger partial charge in [0.25, 0.3) is 0 Å². The molecule has 1 N–H and O–H groups in total. The summed E-state index contributed by atoms with van der Waals surface area (Å²) >= 11 is 0. The number of ether oxygens (including phenoxy) is 1. The Labute approximate surface area is 147 Å². The standard InChI is InChI=1S/C20H22N2O3/c1-3-25-20(24)16-9-5-6-10-17(16)21-13-19(23)22-14(2)12-15-8-4-7-11-18(15)22/h4-11,14,21H,3,12-13H2,1-2H3. The molecule has 5 heteroatoms. The lowest BCUT2D eigenvalue weighted by Crippen LogP contribution is -2.39. The van der Waals surface area contributed by atoms with Gasteiger partial charge in [-0.2, -0.15) is 0 Å². The quantitative estimate of drug-likeness (QED) is 0.850. The molecule has 0 saturated heterocycles. The largest absolute Gasteiger partial charge is 0.462 e. The second-order valence-electron chi connectivity index (χ2n) is 6.07. The summed E-state index contributed by atoms with van der Waals surface area (Å²) in [6, 6.07) is 15.2. The molecule has 1 aliphatic rings. The first-order valence-electron chi connectivity index (χ1n) is 8.51. The second-order valence-corrected chi connectivity index (χ2v) is 6.07. The molecule has 0 bridgehead atoms. The molecule has 5 nitrogen and oxygen atoms in total. The Balaban J connectivity index is 1.73. The lowest BCUT2D eigenvalue weighted by Gasteiger charge is -2.23. The van der Waals surface area contributed by atoms with E-state index in [1.165, 1.54) is 5.56 Å².